The van der Waals surface area contributed by atoms with Gasteiger partial charge in [0.1, 0.15) is 0 Å². The van der Waals surface area contributed by atoms with Crippen molar-refractivity contribution >= 4 is 11.9 Å². The van der Waals surface area contributed by atoms with Crippen LogP contribution in [0.15, 0.2) is 30.3 Å². The molecule has 5 nitrogen and oxygen atoms in total. The number of amides is 1. The van der Waals surface area contributed by atoms with Gasteiger partial charge >= 0.3 is 5.97 Å². The van der Waals surface area contributed by atoms with E-state index in [-0.39, 0.29) is 31.1 Å². The first-order valence-electron chi connectivity index (χ1n) is 7.24. The minimum absolute atomic E-state index is 0.0545. The number of carbonyl (C=O) groups is 2. The third-order valence-corrected chi connectivity index (χ3v) is 3.58. The van der Waals surface area contributed by atoms with Crippen LogP contribution in [-0.2, 0) is 9.59 Å². The van der Waals surface area contributed by atoms with E-state index in [1.54, 1.807) is 4.90 Å². The minimum atomic E-state index is -0.917. The minimum Gasteiger partial charge on any atom is -0.480 e. The molecule has 0 spiro atoms. The summed E-state index contributed by atoms with van der Waals surface area (Å²) >= 11 is 0. The Bertz CT molecular complexity index is 462. The Morgan fingerprint density at radius 2 is 1.81 bits per heavy atom. The molecule has 1 rings (SSSR count). The third kappa shape index (κ3) is 5.95. The number of rotatable bonds is 8. The number of aliphatic carboxylic acids is 1. The van der Waals surface area contributed by atoms with E-state index in [4.69, 9.17) is 5.11 Å². The van der Waals surface area contributed by atoms with Crippen LogP contribution in [0.4, 0.5) is 0 Å². The summed E-state index contributed by atoms with van der Waals surface area (Å²) in [6.45, 7) is 5.79. The van der Waals surface area contributed by atoms with Crippen LogP contribution in [0, 0.1) is 0 Å². The highest BCUT2D eigenvalue weighted by Gasteiger charge is 2.19. The Kier molecular flexibility index (Phi) is 6.88. The van der Waals surface area contributed by atoms with Crippen molar-refractivity contribution in [3.63, 3.8) is 0 Å². The molecule has 21 heavy (non-hydrogen) atoms. The SMILES string of the molecule is CCC(C)N(CC(=O)O)CC(=O)NC(C)c1ccccc1. The molecule has 0 aromatic heterocycles. The second-order valence-electron chi connectivity index (χ2n) is 5.26. The summed E-state index contributed by atoms with van der Waals surface area (Å²) in [6, 6.07) is 9.64. The van der Waals surface area contributed by atoms with Gasteiger partial charge in [0.15, 0.2) is 0 Å². The number of carboxylic acids is 1. The molecule has 5 heteroatoms. The van der Waals surface area contributed by atoms with Crippen molar-refractivity contribution in [3.05, 3.63) is 35.9 Å². The normalized spacial score (nSPS) is 13.7. The first-order valence-corrected chi connectivity index (χ1v) is 7.24. The van der Waals surface area contributed by atoms with Crippen LogP contribution in [0.2, 0.25) is 0 Å². The van der Waals surface area contributed by atoms with Gasteiger partial charge in [-0.1, -0.05) is 37.3 Å². The molecule has 116 valence electrons. The molecule has 1 aromatic rings. The van der Waals surface area contributed by atoms with Gasteiger partial charge in [0.25, 0.3) is 0 Å². The van der Waals surface area contributed by atoms with Crippen molar-refractivity contribution in [1.82, 2.24) is 10.2 Å². The monoisotopic (exact) mass is 292 g/mol. The van der Waals surface area contributed by atoms with E-state index >= 15 is 0 Å². The zero-order valence-electron chi connectivity index (χ0n) is 12.9. The average Bonchev–Trinajstić information content (AvgIpc) is 2.46. The Hall–Kier alpha value is -1.88. The number of nitrogens with one attached hydrogen (secondary N) is 1. The molecule has 0 aliphatic heterocycles. The topological polar surface area (TPSA) is 69.6 Å². The van der Waals surface area contributed by atoms with Crippen LogP contribution in [-0.4, -0.2) is 41.0 Å². The maximum atomic E-state index is 12.1. The van der Waals surface area contributed by atoms with Crippen molar-refractivity contribution in [3.8, 4) is 0 Å². The Balaban J connectivity index is 2.59. The predicted octanol–water partition coefficient (Wildman–Crippen LogP) is 2.05. The number of carboxylic acid groups (broad SMARTS) is 1. The van der Waals surface area contributed by atoms with Gasteiger partial charge in [0.05, 0.1) is 19.1 Å². The smallest absolute Gasteiger partial charge is 0.317 e. The molecule has 0 heterocycles. The van der Waals surface area contributed by atoms with Crippen LogP contribution in [0.25, 0.3) is 0 Å². The lowest BCUT2D eigenvalue weighted by molar-refractivity contribution is -0.139. The largest absolute Gasteiger partial charge is 0.480 e. The first kappa shape index (κ1) is 17.2. The summed E-state index contributed by atoms with van der Waals surface area (Å²) in [7, 11) is 0. The van der Waals surface area contributed by atoms with Crippen molar-refractivity contribution in [2.75, 3.05) is 13.1 Å². The van der Waals surface area contributed by atoms with E-state index < -0.39 is 5.97 Å². The molecule has 1 amide bonds. The van der Waals surface area contributed by atoms with E-state index in [2.05, 4.69) is 5.32 Å². The van der Waals surface area contributed by atoms with Gasteiger partial charge in [-0.2, -0.15) is 0 Å². The summed E-state index contributed by atoms with van der Waals surface area (Å²) in [5.74, 6) is -1.08. The first-order chi connectivity index (χ1) is 9.93. The van der Waals surface area contributed by atoms with E-state index in [1.807, 2.05) is 51.1 Å². The average molecular weight is 292 g/mol. The third-order valence-electron chi connectivity index (χ3n) is 3.58. The summed E-state index contributed by atoms with van der Waals surface area (Å²) < 4.78 is 0. The molecule has 0 saturated carbocycles. The molecular weight excluding hydrogens is 268 g/mol. The van der Waals surface area contributed by atoms with E-state index in [1.165, 1.54) is 0 Å². The second kappa shape index (κ2) is 8.42. The maximum absolute atomic E-state index is 12.1. The number of carbonyl (C=O) groups excluding carboxylic acids is 1. The highest BCUT2D eigenvalue weighted by atomic mass is 16.4. The molecule has 0 bridgehead atoms. The van der Waals surface area contributed by atoms with Crippen molar-refractivity contribution in [1.29, 1.82) is 0 Å². The predicted molar refractivity (Wildman–Crippen MR) is 82.0 cm³/mol. The van der Waals surface area contributed by atoms with Crippen LogP contribution in [0.5, 0.6) is 0 Å². The van der Waals surface area contributed by atoms with Crippen molar-refractivity contribution in [2.45, 2.75) is 39.3 Å². The molecule has 0 radical (unpaired) electrons. The molecule has 2 N–H and O–H groups in total. The van der Waals surface area contributed by atoms with Gasteiger partial charge in [-0.3, -0.25) is 14.5 Å². The Morgan fingerprint density at radius 1 is 1.19 bits per heavy atom. The zero-order valence-corrected chi connectivity index (χ0v) is 12.9. The fourth-order valence-corrected chi connectivity index (χ4v) is 2.10. The summed E-state index contributed by atoms with van der Waals surface area (Å²) in [5, 5.41) is 11.8. The quantitative estimate of drug-likeness (QED) is 0.769. The molecule has 2 unspecified atom stereocenters. The van der Waals surface area contributed by atoms with Crippen LogP contribution in [0.3, 0.4) is 0 Å². The summed E-state index contributed by atoms with van der Waals surface area (Å²) in [5.41, 5.74) is 1.03. The summed E-state index contributed by atoms with van der Waals surface area (Å²) in [6.07, 6.45) is 0.800. The Labute approximate surface area is 126 Å². The lowest BCUT2D eigenvalue weighted by atomic mass is 10.1. The van der Waals surface area contributed by atoms with Gasteiger partial charge in [-0.05, 0) is 25.8 Å². The number of benzene rings is 1. The van der Waals surface area contributed by atoms with Gasteiger partial charge in [0, 0.05) is 6.04 Å². The van der Waals surface area contributed by atoms with Crippen molar-refractivity contribution < 1.29 is 14.7 Å². The van der Waals surface area contributed by atoms with Gasteiger partial charge < -0.3 is 10.4 Å². The van der Waals surface area contributed by atoms with E-state index in [0.29, 0.717) is 0 Å². The van der Waals surface area contributed by atoms with Crippen LogP contribution in [0.1, 0.15) is 38.8 Å². The molecule has 1 aromatic carbocycles. The molecule has 0 saturated heterocycles. The molecular formula is C16H24N2O3. The number of hydrogen-bond donors (Lipinski definition) is 2. The molecule has 0 aliphatic carbocycles. The second-order valence-corrected chi connectivity index (χ2v) is 5.26. The van der Waals surface area contributed by atoms with Crippen molar-refractivity contribution in [2.24, 2.45) is 0 Å². The Morgan fingerprint density at radius 3 is 2.33 bits per heavy atom. The standard InChI is InChI=1S/C16H24N2O3/c1-4-12(2)18(11-16(20)21)10-15(19)17-13(3)14-8-6-5-7-9-14/h5-9,12-13H,4,10-11H2,1-3H3,(H,17,19)(H,20,21). The van der Waals surface area contributed by atoms with Crippen LogP contribution >= 0.6 is 0 Å². The fourth-order valence-electron chi connectivity index (χ4n) is 2.10. The zero-order chi connectivity index (χ0) is 15.8. The maximum Gasteiger partial charge on any atom is 0.317 e. The summed E-state index contributed by atoms with van der Waals surface area (Å²) in [4.78, 5) is 24.7. The molecule has 0 fully saturated rings. The highest BCUT2D eigenvalue weighted by Crippen LogP contribution is 2.11. The lowest BCUT2D eigenvalue weighted by Gasteiger charge is -2.26. The highest BCUT2D eigenvalue weighted by molar-refractivity contribution is 5.79. The van der Waals surface area contributed by atoms with Gasteiger partial charge in [0.2, 0.25) is 5.91 Å². The van der Waals surface area contributed by atoms with Crippen LogP contribution < -0.4 is 5.32 Å². The number of nitrogens with zero attached hydrogens (tertiary/aromatic N) is 1. The van der Waals surface area contributed by atoms with Gasteiger partial charge in [-0.15, -0.1) is 0 Å². The van der Waals surface area contributed by atoms with E-state index in [0.717, 1.165) is 12.0 Å². The molecule has 2 atom stereocenters. The van der Waals surface area contributed by atoms with E-state index in [9.17, 15) is 9.59 Å². The molecule has 0 aliphatic rings. The van der Waals surface area contributed by atoms with Gasteiger partial charge in [-0.25, -0.2) is 0 Å². The lowest BCUT2D eigenvalue weighted by Crippen LogP contribution is -2.44. The fraction of sp³-hybridized carbons (Fsp3) is 0.500. The number of hydrogen-bond acceptors (Lipinski definition) is 3.